The summed E-state index contributed by atoms with van der Waals surface area (Å²) >= 11 is 0. The Morgan fingerprint density at radius 3 is 2.25 bits per heavy atom. The van der Waals surface area contributed by atoms with Crippen molar-refractivity contribution in [3.63, 3.8) is 0 Å². The largest absolute Gasteiger partial charge is 0.480 e. The fourth-order valence-electron chi connectivity index (χ4n) is 1.59. The first-order valence-electron chi connectivity index (χ1n) is 5.77. The van der Waals surface area contributed by atoms with Crippen LogP contribution in [0.3, 0.4) is 0 Å². The number of carboxylic acids is 2. The first-order chi connectivity index (χ1) is 9.43. The molecule has 1 amide bonds. The molecule has 0 saturated heterocycles. The normalized spacial score (nSPS) is 11.7. The molecule has 0 unspecified atom stereocenters. The van der Waals surface area contributed by atoms with E-state index in [-0.39, 0.29) is 18.6 Å². The summed E-state index contributed by atoms with van der Waals surface area (Å²) in [4.78, 5) is 33.1. The second kappa shape index (κ2) is 7.25. The molecule has 1 aromatic rings. The van der Waals surface area contributed by atoms with E-state index in [9.17, 15) is 14.4 Å². The quantitative estimate of drug-likeness (QED) is 0.655. The van der Waals surface area contributed by atoms with E-state index in [1.165, 1.54) is 31.4 Å². The number of hydrogen-bond donors (Lipinski definition) is 3. The molecule has 1 atom stereocenters. The van der Waals surface area contributed by atoms with Gasteiger partial charge in [0.15, 0.2) is 0 Å². The number of aromatic carboxylic acids is 1. The Bertz CT molecular complexity index is 496. The highest BCUT2D eigenvalue weighted by Crippen LogP contribution is 2.07. The third-order valence-corrected chi connectivity index (χ3v) is 2.55. The highest BCUT2D eigenvalue weighted by Gasteiger charge is 2.20. The van der Waals surface area contributed by atoms with Crippen molar-refractivity contribution in [2.75, 3.05) is 13.7 Å². The molecule has 3 N–H and O–H groups in total. The van der Waals surface area contributed by atoms with Gasteiger partial charge in [-0.2, -0.15) is 0 Å². The van der Waals surface area contributed by atoms with Crippen molar-refractivity contribution in [3.05, 3.63) is 35.4 Å². The molecule has 20 heavy (non-hydrogen) atoms. The number of methoxy groups -OCH3 is 1. The first-order valence-corrected chi connectivity index (χ1v) is 5.77. The first kappa shape index (κ1) is 15.6. The highest BCUT2D eigenvalue weighted by atomic mass is 16.5. The third kappa shape index (κ3) is 4.69. The fourth-order valence-corrected chi connectivity index (χ4v) is 1.59. The van der Waals surface area contributed by atoms with Crippen molar-refractivity contribution in [1.82, 2.24) is 5.32 Å². The number of carboxylic acid groups (broad SMARTS) is 2. The molecule has 0 fully saturated rings. The SMILES string of the molecule is COCC(=O)N[C@H](Cc1ccc(C(=O)O)cc1)C(=O)O. The van der Waals surface area contributed by atoms with Crippen molar-refractivity contribution in [2.45, 2.75) is 12.5 Å². The molecule has 0 heterocycles. The average molecular weight is 281 g/mol. The van der Waals surface area contributed by atoms with Crippen molar-refractivity contribution < 1.29 is 29.3 Å². The van der Waals surface area contributed by atoms with Crippen LogP contribution >= 0.6 is 0 Å². The van der Waals surface area contributed by atoms with Gasteiger partial charge in [0.25, 0.3) is 0 Å². The predicted octanol–water partition coefficient (Wildman–Crippen LogP) is 0.143. The van der Waals surface area contributed by atoms with E-state index in [4.69, 9.17) is 10.2 Å². The average Bonchev–Trinajstić information content (AvgIpc) is 2.38. The van der Waals surface area contributed by atoms with Gasteiger partial charge in [-0.05, 0) is 17.7 Å². The molecule has 108 valence electrons. The van der Waals surface area contributed by atoms with Crippen LogP contribution in [0.4, 0.5) is 0 Å². The lowest BCUT2D eigenvalue weighted by Gasteiger charge is -2.14. The molecule has 7 heteroatoms. The lowest BCUT2D eigenvalue weighted by atomic mass is 10.0. The van der Waals surface area contributed by atoms with Gasteiger partial charge >= 0.3 is 11.9 Å². The number of benzene rings is 1. The van der Waals surface area contributed by atoms with Crippen molar-refractivity contribution >= 4 is 17.8 Å². The Morgan fingerprint density at radius 1 is 1.20 bits per heavy atom. The van der Waals surface area contributed by atoms with Gasteiger partial charge in [-0.3, -0.25) is 4.79 Å². The Hall–Kier alpha value is -2.41. The summed E-state index contributed by atoms with van der Waals surface area (Å²) in [6, 6.07) is 4.71. The van der Waals surface area contributed by atoms with E-state index in [1.54, 1.807) is 0 Å². The fraction of sp³-hybridized carbons (Fsp3) is 0.308. The number of amides is 1. The highest BCUT2D eigenvalue weighted by molar-refractivity contribution is 5.87. The van der Waals surface area contributed by atoms with E-state index >= 15 is 0 Å². The topological polar surface area (TPSA) is 113 Å². The molecular formula is C13H15NO6. The van der Waals surface area contributed by atoms with Gasteiger partial charge in [0.1, 0.15) is 12.6 Å². The molecule has 1 rings (SSSR count). The number of rotatable bonds is 7. The molecule has 0 aliphatic heterocycles. The van der Waals surface area contributed by atoms with Crippen molar-refractivity contribution in [2.24, 2.45) is 0 Å². The van der Waals surface area contributed by atoms with E-state index < -0.39 is 23.9 Å². The number of carbonyl (C=O) groups is 3. The molecule has 1 aromatic carbocycles. The minimum Gasteiger partial charge on any atom is -0.480 e. The Morgan fingerprint density at radius 2 is 1.80 bits per heavy atom. The van der Waals surface area contributed by atoms with Crippen LogP contribution in [0.1, 0.15) is 15.9 Å². The van der Waals surface area contributed by atoms with Gasteiger partial charge in [-0.1, -0.05) is 12.1 Å². The Balaban J connectivity index is 2.72. The van der Waals surface area contributed by atoms with Crippen molar-refractivity contribution in [3.8, 4) is 0 Å². The summed E-state index contributed by atoms with van der Waals surface area (Å²) in [6.45, 7) is -0.221. The van der Waals surface area contributed by atoms with Gasteiger partial charge in [0.05, 0.1) is 5.56 Å². The number of hydrogen-bond acceptors (Lipinski definition) is 4. The number of nitrogens with one attached hydrogen (secondary N) is 1. The molecule has 0 aromatic heterocycles. The molecular weight excluding hydrogens is 266 g/mol. The van der Waals surface area contributed by atoms with Gasteiger partial charge in [0.2, 0.25) is 5.91 Å². The summed E-state index contributed by atoms with van der Waals surface area (Å²) in [5.41, 5.74) is 0.726. The zero-order valence-corrected chi connectivity index (χ0v) is 10.8. The number of ether oxygens (including phenoxy) is 1. The lowest BCUT2D eigenvalue weighted by Crippen LogP contribution is -2.43. The van der Waals surface area contributed by atoms with Gasteiger partial charge in [-0.15, -0.1) is 0 Å². The van der Waals surface area contributed by atoms with Crippen LogP contribution in [-0.2, 0) is 20.7 Å². The molecule has 0 aliphatic carbocycles. The maximum absolute atomic E-state index is 11.3. The molecule has 0 radical (unpaired) electrons. The molecule has 7 nitrogen and oxygen atoms in total. The Labute approximate surface area is 115 Å². The van der Waals surface area contributed by atoms with Gasteiger partial charge in [-0.25, -0.2) is 9.59 Å². The molecule has 0 bridgehead atoms. The zero-order valence-electron chi connectivity index (χ0n) is 10.8. The van der Waals surface area contributed by atoms with Crippen LogP contribution in [0, 0.1) is 0 Å². The van der Waals surface area contributed by atoms with Crippen LogP contribution < -0.4 is 5.32 Å². The second-order valence-corrected chi connectivity index (χ2v) is 4.10. The predicted molar refractivity (Wildman–Crippen MR) is 68.5 cm³/mol. The van der Waals surface area contributed by atoms with Crippen LogP contribution in [0.25, 0.3) is 0 Å². The van der Waals surface area contributed by atoms with Gasteiger partial charge in [0, 0.05) is 13.5 Å². The summed E-state index contributed by atoms with van der Waals surface area (Å²) in [5.74, 6) is -2.75. The Kier molecular flexibility index (Phi) is 5.67. The van der Waals surface area contributed by atoms with E-state index in [2.05, 4.69) is 10.1 Å². The minimum absolute atomic E-state index is 0.0602. The van der Waals surface area contributed by atoms with E-state index in [1.807, 2.05) is 0 Å². The van der Waals surface area contributed by atoms with Crippen molar-refractivity contribution in [1.29, 1.82) is 0 Å². The van der Waals surface area contributed by atoms with Crippen LogP contribution in [0.15, 0.2) is 24.3 Å². The second-order valence-electron chi connectivity index (χ2n) is 4.10. The number of aliphatic carboxylic acids is 1. The minimum atomic E-state index is -1.17. The standard InChI is InChI=1S/C13H15NO6/c1-20-7-11(15)14-10(13(18)19)6-8-2-4-9(5-3-8)12(16)17/h2-5,10H,6-7H2,1H3,(H,14,15)(H,16,17)(H,18,19)/t10-/m1/s1. The summed E-state index contributed by atoms with van der Waals surface area (Å²) in [6.07, 6.45) is 0.0602. The summed E-state index contributed by atoms with van der Waals surface area (Å²) in [7, 11) is 1.33. The van der Waals surface area contributed by atoms with Crippen LogP contribution in [0.2, 0.25) is 0 Å². The summed E-state index contributed by atoms with van der Waals surface area (Å²) < 4.78 is 4.61. The monoisotopic (exact) mass is 281 g/mol. The van der Waals surface area contributed by atoms with Crippen LogP contribution in [-0.4, -0.2) is 47.8 Å². The molecule has 0 saturated carbocycles. The zero-order chi connectivity index (χ0) is 15.1. The van der Waals surface area contributed by atoms with Crippen LogP contribution in [0.5, 0.6) is 0 Å². The number of carbonyl (C=O) groups excluding carboxylic acids is 1. The van der Waals surface area contributed by atoms with E-state index in [0.717, 1.165) is 0 Å². The van der Waals surface area contributed by atoms with E-state index in [0.29, 0.717) is 5.56 Å². The maximum Gasteiger partial charge on any atom is 0.335 e. The summed E-state index contributed by atoms with van der Waals surface area (Å²) in [5, 5.41) is 20.1. The third-order valence-electron chi connectivity index (χ3n) is 2.55. The lowest BCUT2D eigenvalue weighted by molar-refractivity contribution is -0.142. The molecule has 0 spiro atoms. The van der Waals surface area contributed by atoms with Gasteiger partial charge < -0.3 is 20.3 Å². The maximum atomic E-state index is 11.3. The molecule has 0 aliphatic rings. The smallest absolute Gasteiger partial charge is 0.335 e.